The Morgan fingerprint density at radius 2 is 2.23 bits per heavy atom. The highest BCUT2D eigenvalue weighted by Gasteiger charge is 1.97. The molecule has 0 fully saturated rings. The van der Waals surface area contributed by atoms with Crippen LogP contribution >= 0.6 is 27.7 Å². The highest BCUT2D eigenvalue weighted by Crippen LogP contribution is 2.27. The largest absolute Gasteiger partial charge is 0.272 e. The number of aromatic nitrogens is 2. The molecule has 66 valence electrons. The zero-order valence-corrected chi connectivity index (χ0v) is 9.10. The summed E-state index contributed by atoms with van der Waals surface area (Å²) in [6.07, 6.45) is 1.75. The summed E-state index contributed by atoms with van der Waals surface area (Å²) in [5.74, 6) is 0. The molecule has 1 N–H and O–H groups in total. The zero-order valence-electron chi connectivity index (χ0n) is 6.70. The number of hydrogen-bond acceptors (Lipinski definition) is 2. The van der Waals surface area contributed by atoms with Crippen LogP contribution in [0.2, 0.25) is 0 Å². The number of rotatable bonds is 2. The van der Waals surface area contributed by atoms with Gasteiger partial charge in [0.15, 0.2) is 0 Å². The van der Waals surface area contributed by atoms with Crippen LogP contribution in [0.5, 0.6) is 0 Å². The van der Waals surface area contributed by atoms with E-state index in [4.69, 9.17) is 0 Å². The second-order valence-electron chi connectivity index (χ2n) is 2.48. The molecular formula is C9H7BrN2S. The predicted octanol–water partition coefficient (Wildman–Crippen LogP) is 3.32. The first-order valence-corrected chi connectivity index (χ1v) is 5.38. The van der Waals surface area contributed by atoms with E-state index in [2.05, 4.69) is 38.3 Å². The lowest BCUT2D eigenvalue weighted by Gasteiger charge is -1.97. The lowest BCUT2D eigenvalue weighted by molar-refractivity contribution is 1.00. The number of benzene rings is 1. The van der Waals surface area contributed by atoms with Gasteiger partial charge in [-0.15, -0.1) is 0 Å². The van der Waals surface area contributed by atoms with Crippen molar-refractivity contribution in [2.75, 3.05) is 0 Å². The van der Waals surface area contributed by atoms with Crippen molar-refractivity contribution in [1.29, 1.82) is 0 Å². The molecule has 13 heavy (non-hydrogen) atoms. The topological polar surface area (TPSA) is 28.7 Å². The molecule has 2 rings (SSSR count). The third kappa shape index (κ3) is 2.35. The smallest absolute Gasteiger partial charge is 0.0955 e. The molecule has 0 atom stereocenters. The van der Waals surface area contributed by atoms with E-state index in [0.717, 1.165) is 9.50 Å². The van der Waals surface area contributed by atoms with Gasteiger partial charge in [-0.25, -0.2) is 0 Å². The molecule has 1 aromatic heterocycles. The Kier molecular flexibility index (Phi) is 2.71. The van der Waals surface area contributed by atoms with Gasteiger partial charge < -0.3 is 0 Å². The Morgan fingerprint density at radius 1 is 1.31 bits per heavy atom. The lowest BCUT2D eigenvalue weighted by Crippen LogP contribution is -1.73. The van der Waals surface area contributed by atoms with E-state index in [9.17, 15) is 0 Å². The molecule has 0 aliphatic heterocycles. The van der Waals surface area contributed by atoms with E-state index in [1.165, 1.54) is 4.90 Å². The molecule has 0 bridgehead atoms. The maximum absolute atomic E-state index is 3.88. The molecule has 0 unspecified atom stereocenters. The van der Waals surface area contributed by atoms with E-state index in [-0.39, 0.29) is 0 Å². The number of nitrogens with one attached hydrogen (secondary N) is 1. The van der Waals surface area contributed by atoms with Crippen molar-refractivity contribution in [1.82, 2.24) is 10.2 Å². The van der Waals surface area contributed by atoms with Crippen LogP contribution in [0.4, 0.5) is 0 Å². The van der Waals surface area contributed by atoms with Crippen molar-refractivity contribution in [3.8, 4) is 0 Å². The van der Waals surface area contributed by atoms with Crippen LogP contribution in [0.1, 0.15) is 0 Å². The van der Waals surface area contributed by atoms with Gasteiger partial charge in [0.1, 0.15) is 0 Å². The van der Waals surface area contributed by atoms with Crippen molar-refractivity contribution in [3.05, 3.63) is 41.0 Å². The highest BCUT2D eigenvalue weighted by molar-refractivity contribution is 9.10. The summed E-state index contributed by atoms with van der Waals surface area (Å²) >= 11 is 5.09. The van der Waals surface area contributed by atoms with Gasteiger partial charge in [-0.2, -0.15) is 5.10 Å². The Labute approximate surface area is 88.9 Å². The second-order valence-corrected chi connectivity index (χ2v) is 4.51. The SMILES string of the molecule is Brc1cccc(Sc2ccn[nH]2)c1. The summed E-state index contributed by atoms with van der Waals surface area (Å²) in [7, 11) is 0. The third-order valence-corrected chi connectivity index (χ3v) is 2.93. The van der Waals surface area contributed by atoms with Gasteiger partial charge in [0.25, 0.3) is 0 Å². The van der Waals surface area contributed by atoms with Crippen molar-refractivity contribution >= 4 is 27.7 Å². The number of H-pyrrole nitrogens is 1. The summed E-state index contributed by atoms with van der Waals surface area (Å²) in [6.45, 7) is 0. The molecule has 4 heteroatoms. The van der Waals surface area contributed by atoms with Crippen LogP contribution < -0.4 is 0 Å². The standard InChI is InChI=1S/C9H7BrN2S/c10-7-2-1-3-8(6-7)13-9-4-5-11-12-9/h1-6H,(H,11,12). The summed E-state index contributed by atoms with van der Waals surface area (Å²) in [6, 6.07) is 10.1. The molecule has 2 aromatic rings. The molecule has 0 saturated heterocycles. The second kappa shape index (κ2) is 3.98. The molecule has 0 amide bonds. The fraction of sp³-hybridized carbons (Fsp3) is 0. The van der Waals surface area contributed by atoms with Crippen LogP contribution in [0, 0.1) is 0 Å². The Bertz CT molecular complexity index is 386. The monoisotopic (exact) mass is 254 g/mol. The molecular weight excluding hydrogens is 248 g/mol. The Morgan fingerprint density at radius 3 is 2.92 bits per heavy atom. The van der Waals surface area contributed by atoms with Gasteiger partial charge in [-0.1, -0.05) is 33.8 Å². The van der Waals surface area contributed by atoms with Crippen molar-refractivity contribution in [2.45, 2.75) is 9.92 Å². The van der Waals surface area contributed by atoms with Crippen LogP contribution in [0.25, 0.3) is 0 Å². The van der Waals surface area contributed by atoms with Gasteiger partial charge in [0.2, 0.25) is 0 Å². The van der Waals surface area contributed by atoms with Gasteiger partial charge in [0.05, 0.1) is 5.03 Å². The van der Waals surface area contributed by atoms with Crippen LogP contribution in [-0.2, 0) is 0 Å². The molecule has 0 aliphatic carbocycles. The summed E-state index contributed by atoms with van der Waals surface area (Å²) in [4.78, 5) is 1.19. The first-order chi connectivity index (χ1) is 6.34. The predicted molar refractivity (Wildman–Crippen MR) is 56.9 cm³/mol. The van der Waals surface area contributed by atoms with Gasteiger partial charge in [0, 0.05) is 15.6 Å². The average Bonchev–Trinajstić information content (AvgIpc) is 2.57. The van der Waals surface area contributed by atoms with Crippen molar-refractivity contribution < 1.29 is 0 Å². The minimum Gasteiger partial charge on any atom is -0.272 e. The Hall–Kier alpha value is -0.740. The fourth-order valence-electron chi connectivity index (χ4n) is 0.957. The van der Waals surface area contributed by atoms with Crippen molar-refractivity contribution in [3.63, 3.8) is 0 Å². The van der Waals surface area contributed by atoms with Crippen LogP contribution in [0.3, 0.4) is 0 Å². The number of halogens is 1. The minimum atomic E-state index is 1.05. The lowest BCUT2D eigenvalue weighted by atomic mass is 10.4. The summed E-state index contributed by atoms with van der Waals surface area (Å²) < 4.78 is 1.09. The molecule has 0 spiro atoms. The molecule has 0 saturated carbocycles. The van der Waals surface area contributed by atoms with Crippen LogP contribution in [-0.4, -0.2) is 10.2 Å². The van der Waals surface area contributed by atoms with E-state index in [0.29, 0.717) is 0 Å². The first-order valence-electron chi connectivity index (χ1n) is 3.77. The summed E-state index contributed by atoms with van der Waals surface area (Å²) in [5.41, 5.74) is 0. The van der Waals surface area contributed by atoms with Gasteiger partial charge in [-0.3, -0.25) is 5.10 Å². The van der Waals surface area contributed by atoms with E-state index >= 15 is 0 Å². The van der Waals surface area contributed by atoms with Gasteiger partial charge in [-0.05, 0) is 24.3 Å². The van der Waals surface area contributed by atoms with Crippen molar-refractivity contribution in [2.24, 2.45) is 0 Å². The Balaban J connectivity index is 2.19. The number of aromatic amines is 1. The molecule has 1 heterocycles. The van der Waals surface area contributed by atoms with E-state index < -0.39 is 0 Å². The first kappa shape index (κ1) is 8.84. The minimum absolute atomic E-state index is 1.05. The normalized spacial score (nSPS) is 10.2. The third-order valence-electron chi connectivity index (χ3n) is 1.50. The van der Waals surface area contributed by atoms with Crippen LogP contribution in [0.15, 0.2) is 50.9 Å². The quantitative estimate of drug-likeness (QED) is 0.891. The number of nitrogens with zero attached hydrogens (tertiary/aromatic N) is 1. The average molecular weight is 255 g/mol. The maximum atomic E-state index is 3.88. The van der Waals surface area contributed by atoms with Gasteiger partial charge >= 0.3 is 0 Å². The molecule has 0 radical (unpaired) electrons. The maximum Gasteiger partial charge on any atom is 0.0955 e. The van der Waals surface area contributed by atoms with E-state index in [1.54, 1.807) is 18.0 Å². The molecule has 1 aromatic carbocycles. The van der Waals surface area contributed by atoms with E-state index in [1.807, 2.05) is 18.2 Å². The fourth-order valence-corrected chi connectivity index (χ4v) is 2.32. The molecule has 2 nitrogen and oxygen atoms in total. The zero-order chi connectivity index (χ0) is 9.10. The highest BCUT2D eigenvalue weighted by atomic mass is 79.9. The molecule has 0 aliphatic rings. The number of hydrogen-bond donors (Lipinski definition) is 1. The summed E-state index contributed by atoms with van der Waals surface area (Å²) in [5, 5.41) is 7.84.